The van der Waals surface area contributed by atoms with Crippen molar-refractivity contribution in [2.24, 2.45) is 0 Å². The zero-order chi connectivity index (χ0) is 20.9. The molecule has 1 fully saturated rings. The third-order valence-corrected chi connectivity index (χ3v) is 6.81. The first-order valence-electron chi connectivity index (χ1n) is 10.1. The number of fused-ring (bicyclic) bond motifs is 1. The summed E-state index contributed by atoms with van der Waals surface area (Å²) in [5, 5.41) is 4.69. The number of thiazole rings is 1. The van der Waals surface area contributed by atoms with Crippen LogP contribution in [-0.2, 0) is 4.74 Å². The van der Waals surface area contributed by atoms with Crippen LogP contribution in [0.25, 0.3) is 10.2 Å². The van der Waals surface area contributed by atoms with Crippen molar-refractivity contribution in [2.75, 3.05) is 50.9 Å². The van der Waals surface area contributed by atoms with Gasteiger partial charge in [-0.1, -0.05) is 21.9 Å². The first-order chi connectivity index (χ1) is 14.7. The number of para-hydroxylation sites is 1. The first kappa shape index (κ1) is 21.1. The van der Waals surface area contributed by atoms with Crippen molar-refractivity contribution >= 4 is 44.1 Å². The summed E-state index contributed by atoms with van der Waals surface area (Å²) in [4.78, 5) is 22.8. The fourth-order valence-electron chi connectivity index (χ4n) is 3.41. The number of ether oxygens (including phenoxy) is 2. The molecule has 0 saturated carbocycles. The number of amides is 1. The lowest BCUT2D eigenvalue weighted by atomic mass is 10.3. The Morgan fingerprint density at radius 3 is 2.90 bits per heavy atom. The van der Waals surface area contributed by atoms with Gasteiger partial charge in [-0.15, -0.1) is 5.10 Å². The molecule has 30 heavy (non-hydrogen) atoms. The van der Waals surface area contributed by atoms with Crippen LogP contribution in [0.15, 0.2) is 18.2 Å². The molecule has 0 atom stereocenters. The zero-order valence-corrected chi connectivity index (χ0v) is 18.8. The van der Waals surface area contributed by atoms with E-state index >= 15 is 0 Å². The number of aromatic nitrogens is 3. The fraction of sp³-hybridized carbons (Fsp3) is 0.500. The molecule has 0 N–H and O–H groups in total. The largest absolute Gasteiger partial charge is 0.492 e. The normalized spacial score (nSPS) is 14.9. The summed E-state index contributed by atoms with van der Waals surface area (Å²) in [6.45, 7) is 9.24. The lowest BCUT2D eigenvalue weighted by Gasteiger charge is -2.27. The number of carbonyl (C=O) groups is 1. The number of carbonyl (C=O) groups excluding carboxylic acids is 1. The van der Waals surface area contributed by atoms with Gasteiger partial charge in [0.15, 0.2) is 5.13 Å². The minimum Gasteiger partial charge on any atom is -0.492 e. The number of aryl methyl sites for hydroxylation is 1. The van der Waals surface area contributed by atoms with Crippen molar-refractivity contribution in [3.63, 3.8) is 0 Å². The van der Waals surface area contributed by atoms with E-state index in [1.165, 1.54) is 11.3 Å². The lowest BCUT2D eigenvalue weighted by molar-refractivity contribution is 0.0376. The molecule has 2 aromatic heterocycles. The van der Waals surface area contributed by atoms with E-state index in [9.17, 15) is 4.79 Å². The van der Waals surface area contributed by atoms with Gasteiger partial charge in [-0.25, -0.2) is 4.98 Å². The Morgan fingerprint density at radius 2 is 2.17 bits per heavy atom. The number of hydrogen-bond donors (Lipinski definition) is 0. The van der Waals surface area contributed by atoms with Crippen LogP contribution < -0.4 is 9.64 Å². The summed E-state index contributed by atoms with van der Waals surface area (Å²) in [6.07, 6.45) is 0.852. The van der Waals surface area contributed by atoms with Gasteiger partial charge < -0.3 is 9.47 Å². The first-order valence-corrected chi connectivity index (χ1v) is 11.7. The molecule has 10 heteroatoms. The van der Waals surface area contributed by atoms with Crippen molar-refractivity contribution in [1.82, 2.24) is 19.5 Å². The number of anilines is 1. The highest BCUT2D eigenvalue weighted by molar-refractivity contribution is 7.22. The fourth-order valence-corrected chi connectivity index (χ4v) is 5.02. The van der Waals surface area contributed by atoms with Crippen LogP contribution in [-0.4, -0.2) is 71.4 Å². The van der Waals surface area contributed by atoms with Gasteiger partial charge in [0.1, 0.15) is 16.1 Å². The van der Waals surface area contributed by atoms with Crippen LogP contribution in [0, 0.1) is 6.92 Å². The van der Waals surface area contributed by atoms with E-state index in [4.69, 9.17) is 14.5 Å². The molecular formula is C20H25N5O3S2. The standard InChI is InChI=1S/C20H25N5O3S2/c1-3-28-15-6-4-7-16-17(15)21-20(29-16)25(19(26)18-14(2)22-23-30-18)9-5-8-24-10-12-27-13-11-24/h4,6-7H,3,5,8-13H2,1-2H3. The van der Waals surface area contributed by atoms with Crippen molar-refractivity contribution in [1.29, 1.82) is 0 Å². The Morgan fingerprint density at radius 1 is 1.33 bits per heavy atom. The molecule has 3 heterocycles. The molecule has 1 aliphatic rings. The predicted molar refractivity (Wildman–Crippen MR) is 119 cm³/mol. The number of rotatable bonds is 8. The predicted octanol–water partition coefficient (Wildman–Crippen LogP) is 3.22. The summed E-state index contributed by atoms with van der Waals surface area (Å²) in [5.74, 6) is 0.648. The molecule has 0 radical (unpaired) electrons. The van der Waals surface area contributed by atoms with E-state index in [-0.39, 0.29) is 5.91 Å². The average Bonchev–Trinajstić information content (AvgIpc) is 3.38. The van der Waals surface area contributed by atoms with Gasteiger partial charge in [0, 0.05) is 26.2 Å². The SMILES string of the molecule is CCOc1cccc2sc(N(CCCN3CCOCC3)C(=O)c3snnc3C)nc12. The highest BCUT2D eigenvalue weighted by atomic mass is 32.1. The molecular weight excluding hydrogens is 422 g/mol. The molecule has 4 rings (SSSR count). The second-order valence-corrected chi connectivity index (χ2v) is 8.75. The summed E-state index contributed by atoms with van der Waals surface area (Å²) in [7, 11) is 0. The average molecular weight is 448 g/mol. The van der Waals surface area contributed by atoms with Crippen LogP contribution in [0.5, 0.6) is 5.75 Å². The zero-order valence-electron chi connectivity index (χ0n) is 17.2. The van der Waals surface area contributed by atoms with E-state index in [0.29, 0.717) is 28.9 Å². The van der Waals surface area contributed by atoms with E-state index in [1.54, 1.807) is 4.90 Å². The summed E-state index contributed by atoms with van der Waals surface area (Å²) in [6, 6.07) is 5.88. The van der Waals surface area contributed by atoms with Crippen LogP contribution in [0.4, 0.5) is 5.13 Å². The third kappa shape index (κ3) is 4.61. The van der Waals surface area contributed by atoms with Gasteiger partial charge in [0.2, 0.25) is 0 Å². The maximum atomic E-state index is 13.4. The molecule has 1 aromatic carbocycles. The number of benzene rings is 1. The van der Waals surface area contributed by atoms with Gasteiger partial charge in [-0.2, -0.15) is 0 Å². The third-order valence-electron chi connectivity index (χ3n) is 4.95. The minimum absolute atomic E-state index is 0.0958. The van der Waals surface area contributed by atoms with Gasteiger partial charge in [-0.3, -0.25) is 14.6 Å². The Balaban J connectivity index is 1.59. The summed E-state index contributed by atoms with van der Waals surface area (Å²) >= 11 is 2.64. The van der Waals surface area contributed by atoms with Gasteiger partial charge in [0.05, 0.1) is 30.2 Å². The molecule has 1 saturated heterocycles. The van der Waals surface area contributed by atoms with Crippen molar-refractivity contribution < 1.29 is 14.3 Å². The maximum Gasteiger partial charge on any atom is 0.273 e. The molecule has 3 aromatic rings. The topological polar surface area (TPSA) is 80.7 Å². The highest BCUT2D eigenvalue weighted by Crippen LogP contribution is 2.35. The Kier molecular flexibility index (Phi) is 6.88. The molecule has 1 aliphatic heterocycles. The van der Waals surface area contributed by atoms with Crippen molar-refractivity contribution in [3.05, 3.63) is 28.8 Å². The van der Waals surface area contributed by atoms with Crippen LogP contribution >= 0.6 is 22.9 Å². The summed E-state index contributed by atoms with van der Waals surface area (Å²) in [5.41, 5.74) is 1.45. The molecule has 0 spiro atoms. The van der Waals surface area contributed by atoms with Gasteiger partial charge in [-0.05, 0) is 43.9 Å². The van der Waals surface area contributed by atoms with Crippen LogP contribution in [0.3, 0.4) is 0 Å². The van der Waals surface area contributed by atoms with Crippen LogP contribution in [0.2, 0.25) is 0 Å². The monoisotopic (exact) mass is 447 g/mol. The molecule has 0 aliphatic carbocycles. The molecule has 8 nitrogen and oxygen atoms in total. The Hall–Kier alpha value is -2.14. The van der Waals surface area contributed by atoms with E-state index in [2.05, 4.69) is 14.5 Å². The molecule has 0 bridgehead atoms. The second kappa shape index (κ2) is 9.78. The van der Waals surface area contributed by atoms with Gasteiger partial charge in [0.25, 0.3) is 5.91 Å². The Labute approximate surface area is 183 Å². The quantitative estimate of drug-likeness (QED) is 0.524. The van der Waals surface area contributed by atoms with E-state index in [1.807, 2.05) is 32.0 Å². The Bertz CT molecular complexity index is 999. The minimum atomic E-state index is -0.0958. The summed E-state index contributed by atoms with van der Waals surface area (Å²) < 4.78 is 16.1. The van der Waals surface area contributed by atoms with Crippen molar-refractivity contribution in [2.45, 2.75) is 20.3 Å². The van der Waals surface area contributed by atoms with Gasteiger partial charge >= 0.3 is 0 Å². The van der Waals surface area contributed by atoms with Crippen molar-refractivity contribution in [3.8, 4) is 5.75 Å². The smallest absolute Gasteiger partial charge is 0.273 e. The van der Waals surface area contributed by atoms with E-state index < -0.39 is 0 Å². The molecule has 160 valence electrons. The number of hydrogen-bond acceptors (Lipinski definition) is 9. The second-order valence-electron chi connectivity index (χ2n) is 6.98. The maximum absolute atomic E-state index is 13.4. The number of nitrogens with zero attached hydrogens (tertiary/aromatic N) is 5. The van der Waals surface area contributed by atoms with E-state index in [0.717, 1.165) is 66.8 Å². The molecule has 1 amide bonds. The molecule has 0 unspecified atom stereocenters. The highest BCUT2D eigenvalue weighted by Gasteiger charge is 2.25. The lowest BCUT2D eigenvalue weighted by Crippen LogP contribution is -2.39. The number of morpholine rings is 1. The van der Waals surface area contributed by atoms with Crippen LogP contribution in [0.1, 0.15) is 28.7 Å².